The number of likely N-dealkylation sites (tertiary alicyclic amines) is 1. The lowest BCUT2D eigenvalue weighted by molar-refractivity contribution is 0.0600. The molecule has 3 rings (SSSR count). The normalized spacial score (nSPS) is 14.4. The Hall–Kier alpha value is -2.60. The minimum Gasteiger partial charge on any atom is -0.465 e. The van der Waals surface area contributed by atoms with Gasteiger partial charge in [-0.3, -0.25) is 4.79 Å². The Morgan fingerprint density at radius 2 is 1.85 bits per heavy atom. The number of hydrogen-bond donors (Lipinski definition) is 1. The van der Waals surface area contributed by atoms with Gasteiger partial charge in [0.25, 0.3) is 5.91 Å². The van der Waals surface area contributed by atoms with Crippen LogP contribution in [0.1, 0.15) is 46.5 Å². The van der Waals surface area contributed by atoms with Gasteiger partial charge in [-0.2, -0.15) is 0 Å². The molecule has 27 heavy (non-hydrogen) atoms. The number of pyridine rings is 1. The van der Waals surface area contributed by atoms with Crippen molar-refractivity contribution in [3.63, 3.8) is 0 Å². The van der Waals surface area contributed by atoms with Crippen molar-refractivity contribution in [2.24, 2.45) is 0 Å². The summed E-state index contributed by atoms with van der Waals surface area (Å²) in [6, 6.07) is 8.32. The van der Waals surface area contributed by atoms with Gasteiger partial charge in [0.1, 0.15) is 5.69 Å². The third kappa shape index (κ3) is 4.77. The van der Waals surface area contributed by atoms with Crippen LogP contribution in [0, 0.1) is 0 Å². The van der Waals surface area contributed by atoms with E-state index in [4.69, 9.17) is 16.3 Å². The molecule has 1 aromatic heterocycles. The smallest absolute Gasteiger partial charge is 0.337 e. The highest BCUT2D eigenvalue weighted by Gasteiger charge is 2.18. The van der Waals surface area contributed by atoms with E-state index in [1.165, 1.54) is 20.0 Å². The Bertz CT molecular complexity index is 816. The summed E-state index contributed by atoms with van der Waals surface area (Å²) < 4.78 is 4.73. The molecule has 0 atom stereocenters. The van der Waals surface area contributed by atoms with E-state index in [2.05, 4.69) is 10.3 Å². The van der Waals surface area contributed by atoms with Crippen LogP contribution in [0.4, 0.5) is 11.4 Å². The van der Waals surface area contributed by atoms with Crippen molar-refractivity contribution < 1.29 is 14.3 Å². The lowest BCUT2D eigenvalue weighted by atomic mass is 10.2. The average Bonchev–Trinajstić information content (AvgIpc) is 2.98. The molecule has 1 aliphatic rings. The Balaban J connectivity index is 1.72. The highest BCUT2D eigenvalue weighted by atomic mass is 35.5. The average molecular weight is 388 g/mol. The molecule has 1 amide bonds. The minimum absolute atomic E-state index is 0.0332. The van der Waals surface area contributed by atoms with Crippen LogP contribution in [0.25, 0.3) is 0 Å². The number of nitrogens with one attached hydrogen (secondary N) is 1. The largest absolute Gasteiger partial charge is 0.465 e. The zero-order valence-electron chi connectivity index (χ0n) is 15.2. The molecule has 2 heterocycles. The lowest BCUT2D eigenvalue weighted by Gasteiger charge is -2.19. The first-order valence-corrected chi connectivity index (χ1v) is 9.36. The first-order chi connectivity index (χ1) is 13.1. The lowest BCUT2D eigenvalue weighted by Crippen LogP contribution is -2.32. The highest BCUT2D eigenvalue weighted by molar-refractivity contribution is 6.33. The van der Waals surface area contributed by atoms with Crippen LogP contribution in [0.3, 0.4) is 0 Å². The first kappa shape index (κ1) is 19.2. The number of ether oxygens (including phenoxy) is 1. The molecule has 6 nitrogen and oxygen atoms in total. The zero-order chi connectivity index (χ0) is 19.2. The number of halogens is 1. The fourth-order valence-electron chi connectivity index (χ4n) is 3.05. The van der Waals surface area contributed by atoms with Gasteiger partial charge < -0.3 is 15.0 Å². The fourth-order valence-corrected chi connectivity index (χ4v) is 3.22. The maximum atomic E-state index is 12.6. The predicted octanol–water partition coefficient (Wildman–Crippen LogP) is 4.28. The molecule has 1 saturated heterocycles. The SMILES string of the molecule is COC(=O)c1ccc(Cl)c(Nc2ccc(C(=O)N3CCCCCC3)nc2)c1. The number of methoxy groups -OCH3 is 1. The van der Waals surface area contributed by atoms with Crippen LogP contribution in [0.2, 0.25) is 5.02 Å². The summed E-state index contributed by atoms with van der Waals surface area (Å²) >= 11 is 6.20. The van der Waals surface area contributed by atoms with E-state index in [0.29, 0.717) is 27.7 Å². The number of carbonyl (C=O) groups excluding carboxylic acids is 2. The second-order valence-electron chi connectivity index (χ2n) is 6.45. The molecule has 0 radical (unpaired) electrons. The topological polar surface area (TPSA) is 71.5 Å². The number of benzene rings is 1. The molecule has 7 heteroatoms. The van der Waals surface area contributed by atoms with Gasteiger partial charge in [0.2, 0.25) is 0 Å². The van der Waals surface area contributed by atoms with Gasteiger partial charge in [-0.15, -0.1) is 0 Å². The fraction of sp³-hybridized carbons (Fsp3) is 0.350. The van der Waals surface area contributed by atoms with Crippen LogP contribution in [-0.4, -0.2) is 42.0 Å². The summed E-state index contributed by atoms with van der Waals surface area (Å²) in [4.78, 5) is 30.4. The van der Waals surface area contributed by atoms with Crippen molar-refractivity contribution in [3.8, 4) is 0 Å². The summed E-state index contributed by atoms with van der Waals surface area (Å²) in [5.74, 6) is -0.472. The number of hydrogen-bond acceptors (Lipinski definition) is 5. The summed E-state index contributed by atoms with van der Waals surface area (Å²) in [5, 5.41) is 3.59. The van der Waals surface area contributed by atoms with Crippen LogP contribution in [-0.2, 0) is 4.74 Å². The van der Waals surface area contributed by atoms with Gasteiger partial charge in [-0.25, -0.2) is 9.78 Å². The van der Waals surface area contributed by atoms with Crippen molar-refractivity contribution in [1.82, 2.24) is 9.88 Å². The van der Waals surface area contributed by atoms with E-state index in [1.807, 2.05) is 4.90 Å². The van der Waals surface area contributed by atoms with Gasteiger partial charge in [-0.1, -0.05) is 24.4 Å². The first-order valence-electron chi connectivity index (χ1n) is 8.98. The third-order valence-electron chi connectivity index (χ3n) is 4.54. The monoisotopic (exact) mass is 387 g/mol. The number of rotatable bonds is 4. The molecular formula is C20H22ClN3O3. The van der Waals surface area contributed by atoms with Crippen molar-refractivity contribution in [1.29, 1.82) is 0 Å². The van der Waals surface area contributed by atoms with Crippen molar-refractivity contribution in [3.05, 3.63) is 52.8 Å². The number of amides is 1. The van der Waals surface area contributed by atoms with E-state index < -0.39 is 5.97 Å². The number of esters is 1. The third-order valence-corrected chi connectivity index (χ3v) is 4.87. The highest BCUT2D eigenvalue weighted by Crippen LogP contribution is 2.27. The quantitative estimate of drug-likeness (QED) is 0.792. The number of anilines is 2. The molecule has 0 aliphatic carbocycles. The van der Waals surface area contributed by atoms with Crippen molar-refractivity contribution >= 4 is 34.9 Å². The standard InChI is InChI=1S/C20H22ClN3O3/c1-27-20(26)14-6-8-16(21)18(12-14)23-15-7-9-17(22-13-15)19(25)24-10-4-2-3-5-11-24/h6-9,12-13,23H,2-5,10-11H2,1H3. The number of aromatic nitrogens is 1. The van der Waals surface area contributed by atoms with Gasteiger partial charge in [0, 0.05) is 13.1 Å². The van der Waals surface area contributed by atoms with Crippen molar-refractivity contribution in [2.75, 3.05) is 25.5 Å². The number of carbonyl (C=O) groups is 2. The second-order valence-corrected chi connectivity index (χ2v) is 6.86. The molecule has 1 N–H and O–H groups in total. The minimum atomic E-state index is -0.439. The van der Waals surface area contributed by atoms with E-state index in [1.54, 1.807) is 36.5 Å². The molecule has 0 unspecified atom stereocenters. The van der Waals surface area contributed by atoms with Crippen LogP contribution in [0.5, 0.6) is 0 Å². The van der Waals surface area contributed by atoms with Gasteiger partial charge >= 0.3 is 5.97 Å². The molecule has 1 aliphatic heterocycles. The van der Waals surface area contributed by atoms with E-state index in [0.717, 1.165) is 25.9 Å². The van der Waals surface area contributed by atoms with Crippen molar-refractivity contribution in [2.45, 2.75) is 25.7 Å². The molecule has 0 spiro atoms. The zero-order valence-corrected chi connectivity index (χ0v) is 16.0. The van der Waals surface area contributed by atoms with Gasteiger partial charge in [-0.05, 0) is 43.2 Å². The Morgan fingerprint density at radius 3 is 2.48 bits per heavy atom. The van der Waals surface area contributed by atoms with E-state index in [9.17, 15) is 9.59 Å². The second kappa shape index (κ2) is 8.86. The van der Waals surface area contributed by atoms with Gasteiger partial charge in [0.15, 0.2) is 0 Å². The molecular weight excluding hydrogens is 366 g/mol. The van der Waals surface area contributed by atoms with E-state index in [-0.39, 0.29) is 5.91 Å². The Labute approximate surface area is 163 Å². The maximum absolute atomic E-state index is 12.6. The van der Waals surface area contributed by atoms with Crippen LogP contribution in [0.15, 0.2) is 36.5 Å². The molecule has 0 saturated carbocycles. The molecule has 1 aromatic carbocycles. The predicted molar refractivity (Wildman–Crippen MR) is 105 cm³/mol. The number of nitrogens with zero attached hydrogens (tertiary/aromatic N) is 2. The van der Waals surface area contributed by atoms with E-state index >= 15 is 0 Å². The molecule has 2 aromatic rings. The summed E-state index contributed by atoms with van der Waals surface area (Å²) in [5.41, 5.74) is 2.06. The summed E-state index contributed by atoms with van der Waals surface area (Å²) in [7, 11) is 1.33. The summed E-state index contributed by atoms with van der Waals surface area (Å²) in [6.45, 7) is 1.58. The maximum Gasteiger partial charge on any atom is 0.337 e. The Morgan fingerprint density at radius 1 is 1.11 bits per heavy atom. The van der Waals surface area contributed by atoms with Crippen LogP contribution < -0.4 is 5.32 Å². The van der Waals surface area contributed by atoms with Gasteiger partial charge in [0.05, 0.1) is 35.3 Å². The summed E-state index contributed by atoms with van der Waals surface area (Å²) in [6.07, 6.45) is 6.02. The molecule has 142 valence electrons. The van der Waals surface area contributed by atoms with Crippen LogP contribution >= 0.6 is 11.6 Å². The molecule has 1 fully saturated rings. The molecule has 0 bridgehead atoms. The Kier molecular flexibility index (Phi) is 6.29.